The van der Waals surface area contributed by atoms with Crippen molar-refractivity contribution in [2.45, 2.75) is 32.1 Å². The van der Waals surface area contributed by atoms with E-state index in [1.165, 1.54) is 16.8 Å². The number of benzene rings is 2. The number of nitrogens with zero attached hydrogens (tertiary/aromatic N) is 2. The molecule has 0 bridgehead atoms. The number of halogens is 2. The first kappa shape index (κ1) is 23.4. The summed E-state index contributed by atoms with van der Waals surface area (Å²) in [6.45, 7) is 5.32. The number of thioether (sulfide) groups is 1. The molecular weight excluding hydrogens is 461 g/mol. The Labute approximate surface area is 194 Å². The Morgan fingerprint density at radius 2 is 2.00 bits per heavy atom. The normalized spacial score (nSPS) is 16.0. The van der Waals surface area contributed by atoms with Gasteiger partial charge in [-0.05, 0) is 53.4 Å². The first-order valence-electron chi connectivity index (χ1n) is 9.50. The van der Waals surface area contributed by atoms with Crippen LogP contribution in [0.5, 0.6) is 5.75 Å². The van der Waals surface area contributed by atoms with Crippen molar-refractivity contribution >= 4 is 52.5 Å². The standard InChI is InChI=1S/C21H21Cl2N3O4S/c1-11(2)13-8-16(25-29)12(3)7-17(13)30-9-18(27)24-26-19(28)10-31-21(26)20-14(22)5-4-6-15(20)23/h4-8,11,21H,9-10H2,1-3H3,(H,24,27). The Morgan fingerprint density at radius 3 is 2.61 bits per heavy atom. The van der Waals surface area contributed by atoms with Crippen LogP contribution in [0.4, 0.5) is 5.69 Å². The Kier molecular flexibility index (Phi) is 7.46. The summed E-state index contributed by atoms with van der Waals surface area (Å²) in [5.41, 5.74) is 4.91. The van der Waals surface area contributed by atoms with E-state index in [9.17, 15) is 14.5 Å². The van der Waals surface area contributed by atoms with Crippen LogP contribution in [0.15, 0.2) is 35.5 Å². The van der Waals surface area contributed by atoms with Crippen LogP contribution in [0, 0.1) is 11.8 Å². The summed E-state index contributed by atoms with van der Waals surface area (Å²) < 4.78 is 5.72. The van der Waals surface area contributed by atoms with Crippen molar-refractivity contribution in [1.82, 2.24) is 10.4 Å². The quantitative estimate of drug-likeness (QED) is 0.526. The van der Waals surface area contributed by atoms with Crippen molar-refractivity contribution in [3.8, 4) is 5.75 Å². The van der Waals surface area contributed by atoms with Gasteiger partial charge in [0.15, 0.2) is 6.61 Å². The summed E-state index contributed by atoms with van der Waals surface area (Å²) in [4.78, 5) is 35.9. The first-order valence-corrected chi connectivity index (χ1v) is 11.3. The molecule has 1 atom stereocenters. The van der Waals surface area contributed by atoms with E-state index in [0.29, 0.717) is 32.6 Å². The van der Waals surface area contributed by atoms with Crippen LogP contribution < -0.4 is 10.2 Å². The average molecular weight is 482 g/mol. The second-order valence-corrected chi connectivity index (χ2v) is 9.19. The van der Waals surface area contributed by atoms with Gasteiger partial charge in [0.1, 0.15) is 16.8 Å². The molecule has 7 nitrogen and oxygen atoms in total. The van der Waals surface area contributed by atoms with Gasteiger partial charge in [-0.25, -0.2) is 5.01 Å². The minimum absolute atomic E-state index is 0.0578. The number of nitroso groups, excluding NO2 is 1. The molecular formula is C21H21Cl2N3O4S. The number of hydrazine groups is 1. The second-order valence-electron chi connectivity index (χ2n) is 7.31. The van der Waals surface area contributed by atoms with Gasteiger partial charge in [0, 0.05) is 15.6 Å². The van der Waals surface area contributed by atoms with E-state index in [4.69, 9.17) is 27.9 Å². The molecule has 0 spiro atoms. The maximum absolute atomic E-state index is 12.6. The zero-order valence-electron chi connectivity index (χ0n) is 17.1. The molecule has 1 saturated heterocycles. The van der Waals surface area contributed by atoms with E-state index in [1.54, 1.807) is 37.3 Å². The van der Waals surface area contributed by atoms with E-state index in [2.05, 4.69) is 10.6 Å². The van der Waals surface area contributed by atoms with Gasteiger partial charge in [-0.15, -0.1) is 16.7 Å². The summed E-state index contributed by atoms with van der Waals surface area (Å²) in [5.74, 6) is -0.0386. The SMILES string of the molecule is Cc1cc(OCC(=O)NN2C(=O)CSC2c2c(Cl)cccc2Cl)c(C(C)C)cc1N=O. The summed E-state index contributed by atoms with van der Waals surface area (Å²) in [7, 11) is 0. The molecule has 0 saturated carbocycles. The van der Waals surface area contributed by atoms with Crippen LogP contribution in [0.2, 0.25) is 10.0 Å². The van der Waals surface area contributed by atoms with Crippen molar-refractivity contribution in [3.63, 3.8) is 0 Å². The van der Waals surface area contributed by atoms with Gasteiger partial charge in [-0.3, -0.25) is 15.0 Å². The number of nitrogens with one attached hydrogen (secondary N) is 1. The summed E-state index contributed by atoms with van der Waals surface area (Å²) >= 11 is 13.9. The van der Waals surface area contributed by atoms with Gasteiger partial charge in [-0.1, -0.05) is 43.1 Å². The Hall–Kier alpha value is -2.29. The number of hydrogen-bond donors (Lipinski definition) is 1. The average Bonchev–Trinajstić information content (AvgIpc) is 3.06. The third-order valence-electron chi connectivity index (χ3n) is 4.77. The Morgan fingerprint density at radius 1 is 1.32 bits per heavy atom. The zero-order chi connectivity index (χ0) is 22.7. The fourth-order valence-electron chi connectivity index (χ4n) is 3.18. The van der Waals surface area contributed by atoms with Gasteiger partial charge in [0.05, 0.1) is 5.75 Å². The number of carbonyl (C=O) groups excluding carboxylic acids is 2. The highest BCUT2D eigenvalue weighted by molar-refractivity contribution is 8.00. The van der Waals surface area contributed by atoms with Crippen molar-refractivity contribution in [3.05, 3.63) is 62.0 Å². The molecule has 1 aliphatic heterocycles. The molecule has 0 aliphatic carbocycles. The number of rotatable bonds is 7. The van der Waals surface area contributed by atoms with Crippen LogP contribution in [0.25, 0.3) is 0 Å². The minimum Gasteiger partial charge on any atom is -0.483 e. The fraction of sp³-hybridized carbons (Fsp3) is 0.333. The molecule has 3 rings (SSSR count). The first-order chi connectivity index (χ1) is 14.7. The lowest BCUT2D eigenvalue weighted by atomic mass is 9.99. The molecule has 1 aliphatic rings. The van der Waals surface area contributed by atoms with E-state index in [1.807, 2.05) is 13.8 Å². The largest absolute Gasteiger partial charge is 0.483 e. The van der Waals surface area contributed by atoms with Gasteiger partial charge in [0.25, 0.3) is 11.8 Å². The summed E-state index contributed by atoms with van der Waals surface area (Å²) in [5, 5.41) is 4.55. The molecule has 31 heavy (non-hydrogen) atoms. The number of ether oxygens (including phenoxy) is 1. The van der Waals surface area contributed by atoms with Crippen LogP contribution >= 0.6 is 35.0 Å². The zero-order valence-corrected chi connectivity index (χ0v) is 19.5. The van der Waals surface area contributed by atoms with Crippen LogP contribution in [0.1, 0.15) is 41.8 Å². The van der Waals surface area contributed by atoms with Gasteiger partial charge >= 0.3 is 0 Å². The van der Waals surface area contributed by atoms with E-state index < -0.39 is 11.3 Å². The molecule has 164 valence electrons. The highest BCUT2D eigenvalue weighted by Crippen LogP contribution is 2.43. The summed E-state index contributed by atoms with van der Waals surface area (Å²) in [6.07, 6.45) is 0. The minimum atomic E-state index is -0.538. The maximum atomic E-state index is 12.6. The third kappa shape index (κ3) is 5.14. The molecule has 2 aromatic rings. The van der Waals surface area contributed by atoms with E-state index in [-0.39, 0.29) is 24.2 Å². The third-order valence-corrected chi connectivity index (χ3v) is 6.60. The summed E-state index contributed by atoms with van der Waals surface area (Å²) in [6, 6.07) is 8.43. The number of carbonyl (C=O) groups is 2. The number of hydrogen-bond acceptors (Lipinski definition) is 6. The molecule has 1 N–H and O–H groups in total. The van der Waals surface area contributed by atoms with Crippen LogP contribution in [0.3, 0.4) is 0 Å². The molecule has 0 aromatic heterocycles. The van der Waals surface area contributed by atoms with Crippen molar-refractivity contribution < 1.29 is 14.3 Å². The van der Waals surface area contributed by atoms with Crippen molar-refractivity contribution in [2.75, 3.05) is 12.4 Å². The molecule has 10 heteroatoms. The van der Waals surface area contributed by atoms with E-state index in [0.717, 1.165) is 5.56 Å². The topological polar surface area (TPSA) is 88.1 Å². The molecule has 1 fully saturated rings. The molecule has 2 aromatic carbocycles. The highest BCUT2D eigenvalue weighted by Gasteiger charge is 2.36. The predicted molar refractivity (Wildman–Crippen MR) is 123 cm³/mol. The lowest BCUT2D eigenvalue weighted by Crippen LogP contribution is -2.46. The van der Waals surface area contributed by atoms with Gasteiger partial charge in [-0.2, -0.15) is 0 Å². The van der Waals surface area contributed by atoms with Crippen molar-refractivity contribution in [1.29, 1.82) is 0 Å². The highest BCUT2D eigenvalue weighted by atomic mass is 35.5. The maximum Gasteiger partial charge on any atom is 0.276 e. The van der Waals surface area contributed by atoms with Crippen LogP contribution in [-0.2, 0) is 9.59 Å². The molecule has 1 heterocycles. The Balaban J connectivity index is 1.74. The lowest BCUT2D eigenvalue weighted by Gasteiger charge is -2.26. The molecule has 0 radical (unpaired) electrons. The second kappa shape index (κ2) is 9.89. The fourth-order valence-corrected chi connectivity index (χ4v) is 5.09. The Bertz CT molecular complexity index is 1010. The number of aryl methyl sites for hydroxylation is 1. The predicted octanol–water partition coefficient (Wildman–Crippen LogP) is 5.51. The van der Waals surface area contributed by atoms with Gasteiger partial charge < -0.3 is 4.74 Å². The van der Waals surface area contributed by atoms with E-state index >= 15 is 0 Å². The molecule has 2 amide bonds. The number of amides is 2. The van der Waals surface area contributed by atoms with Gasteiger partial charge in [0.2, 0.25) is 0 Å². The molecule has 1 unspecified atom stereocenters. The van der Waals surface area contributed by atoms with Crippen LogP contribution in [-0.4, -0.2) is 29.2 Å². The smallest absolute Gasteiger partial charge is 0.276 e. The van der Waals surface area contributed by atoms with Crippen molar-refractivity contribution in [2.24, 2.45) is 5.18 Å². The monoisotopic (exact) mass is 481 g/mol. The lowest BCUT2D eigenvalue weighted by molar-refractivity contribution is -0.140.